The minimum absolute atomic E-state index is 0.221. The topological polar surface area (TPSA) is 59.5 Å². The molecule has 0 saturated carbocycles. The van der Waals surface area contributed by atoms with Crippen LogP contribution >= 0.6 is 11.6 Å². The first kappa shape index (κ1) is 31.8. The Kier molecular flexibility index (Phi) is 11.8. The van der Waals surface area contributed by atoms with Crippen LogP contribution in [0, 0.1) is 12.7 Å². The Hall–Kier alpha value is -4.11. The predicted octanol–water partition coefficient (Wildman–Crippen LogP) is 8.39. The first-order valence-electron chi connectivity index (χ1n) is 13.9. The predicted molar refractivity (Wildman–Crippen MR) is 170 cm³/mol. The number of anilines is 2. The standard InChI is InChI=1S/C31H30ClFN4O2.C3H5F/c1-22-28(11-9-23-5-7-24(8-6-23)19-37-13-15-38-16-14-37)31(35-21-34-22)36-27-10-12-30(29(32)18-27)39-20-25-3-2-4-26(33)17-25;1-3(2)4/h2-12,17-18,21H,13-16,19-20H2,1H3,(H,34,35,36);1H2,2H3/b11-9+;. The van der Waals surface area contributed by atoms with E-state index >= 15 is 0 Å². The number of aryl methyl sites for hydroxylation is 1. The number of hydrogen-bond donors (Lipinski definition) is 1. The summed E-state index contributed by atoms with van der Waals surface area (Å²) in [4.78, 5) is 11.2. The van der Waals surface area contributed by atoms with E-state index in [1.807, 2.05) is 19.1 Å². The molecule has 4 aromatic rings. The van der Waals surface area contributed by atoms with Crippen LogP contribution in [0.2, 0.25) is 5.02 Å². The summed E-state index contributed by atoms with van der Waals surface area (Å²) in [6.07, 6.45) is 5.62. The first-order valence-corrected chi connectivity index (χ1v) is 14.3. The molecular weight excluding hydrogens is 570 g/mol. The van der Waals surface area contributed by atoms with Crippen molar-refractivity contribution in [3.63, 3.8) is 0 Å². The van der Waals surface area contributed by atoms with Crippen molar-refractivity contribution >= 4 is 35.3 Å². The van der Waals surface area contributed by atoms with Crippen molar-refractivity contribution in [3.05, 3.63) is 124 Å². The molecule has 43 heavy (non-hydrogen) atoms. The highest BCUT2D eigenvalue weighted by Crippen LogP contribution is 2.31. The molecular formula is C34H35ClF2N4O2. The molecule has 6 nitrogen and oxygen atoms in total. The van der Waals surface area contributed by atoms with Gasteiger partial charge >= 0.3 is 0 Å². The largest absolute Gasteiger partial charge is 0.487 e. The third kappa shape index (κ3) is 10.3. The second-order valence-electron chi connectivity index (χ2n) is 10.0. The smallest absolute Gasteiger partial charge is 0.141 e. The number of benzene rings is 3. The third-order valence-corrected chi connectivity index (χ3v) is 6.79. The van der Waals surface area contributed by atoms with E-state index in [2.05, 4.69) is 57.1 Å². The van der Waals surface area contributed by atoms with Gasteiger partial charge in [-0.3, -0.25) is 4.90 Å². The van der Waals surface area contributed by atoms with E-state index < -0.39 is 0 Å². The molecule has 0 bridgehead atoms. The minimum atomic E-state index is -0.333. The summed E-state index contributed by atoms with van der Waals surface area (Å²) in [7, 11) is 0. The number of nitrogens with one attached hydrogen (secondary N) is 1. The van der Waals surface area contributed by atoms with Gasteiger partial charge in [0.1, 0.15) is 30.3 Å². The summed E-state index contributed by atoms with van der Waals surface area (Å²) >= 11 is 6.48. The fourth-order valence-electron chi connectivity index (χ4n) is 4.33. The Bertz CT molecular complexity index is 1540. The lowest BCUT2D eigenvalue weighted by Crippen LogP contribution is -2.35. The van der Waals surface area contributed by atoms with Crippen molar-refractivity contribution in [1.82, 2.24) is 14.9 Å². The molecule has 1 fully saturated rings. The van der Waals surface area contributed by atoms with Crippen molar-refractivity contribution in [2.75, 3.05) is 31.6 Å². The molecule has 1 aromatic heterocycles. The normalized spacial score (nSPS) is 13.3. The Morgan fingerprint density at radius 1 is 1.05 bits per heavy atom. The van der Waals surface area contributed by atoms with Gasteiger partial charge in [0.15, 0.2) is 0 Å². The van der Waals surface area contributed by atoms with E-state index in [-0.39, 0.29) is 18.3 Å². The fraction of sp³-hybridized carbons (Fsp3) is 0.235. The van der Waals surface area contributed by atoms with Crippen LogP contribution in [0.15, 0.2) is 85.5 Å². The number of hydrogen-bond acceptors (Lipinski definition) is 6. The van der Waals surface area contributed by atoms with Gasteiger partial charge in [-0.2, -0.15) is 0 Å². The molecule has 0 radical (unpaired) electrons. The Labute approximate surface area is 256 Å². The van der Waals surface area contributed by atoms with E-state index in [0.717, 1.165) is 60.9 Å². The van der Waals surface area contributed by atoms with Crippen LogP contribution in [0.4, 0.5) is 20.3 Å². The lowest BCUT2D eigenvalue weighted by Gasteiger charge is -2.26. The molecule has 9 heteroatoms. The first-order chi connectivity index (χ1) is 20.8. The number of halogens is 3. The Morgan fingerprint density at radius 2 is 1.79 bits per heavy atom. The van der Waals surface area contributed by atoms with E-state index in [9.17, 15) is 8.78 Å². The van der Waals surface area contributed by atoms with Gasteiger partial charge in [-0.1, -0.05) is 60.7 Å². The number of aromatic nitrogens is 2. The van der Waals surface area contributed by atoms with Crippen molar-refractivity contribution < 1.29 is 18.3 Å². The van der Waals surface area contributed by atoms with Crippen molar-refractivity contribution in [3.8, 4) is 5.75 Å². The second kappa shape index (κ2) is 15.9. The number of rotatable bonds is 9. The molecule has 2 heterocycles. The average Bonchev–Trinajstić information content (AvgIpc) is 2.98. The Morgan fingerprint density at radius 3 is 2.49 bits per heavy atom. The van der Waals surface area contributed by atoms with Crippen LogP contribution in [0.5, 0.6) is 5.75 Å². The van der Waals surface area contributed by atoms with Gasteiger partial charge in [0.2, 0.25) is 0 Å². The summed E-state index contributed by atoms with van der Waals surface area (Å²) in [6.45, 7) is 10.9. The van der Waals surface area contributed by atoms with Crippen LogP contribution in [-0.4, -0.2) is 41.2 Å². The molecule has 0 amide bonds. The summed E-state index contributed by atoms with van der Waals surface area (Å²) in [5.41, 5.74) is 5.62. The molecule has 0 spiro atoms. The van der Waals surface area contributed by atoms with Crippen molar-refractivity contribution in [2.45, 2.75) is 27.0 Å². The van der Waals surface area contributed by atoms with E-state index in [0.29, 0.717) is 16.6 Å². The third-order valence-electron chi connectivity index (χ3n) is 6.49. The second-order valence-corrected chi connectivity index (χ2v) is 10.5. The van der Waals surface area contributed by atoms with Crippen molar-refractivity contribution in [2.24, 2.45) is 0 Å². The monoisotopic (exact) mass is 604 g/mol. The van der Waals surface area contributed by atoms with Gasteiger partial charge in [0, 0.05) is 30.9 Å². The van der Waals surface area contributed by atoms with Gasteiger partial charge < -0.3 is 14.8 Å². The summed E-state index contributed by atoms with van der Waals surface area (Å²) in [5, 5.41) is 3.79. The minimum Gasteiger partial charge on any atom is -0.487 e. The zero-order valence-electron chi connectivity index (χ0n) is 24.3. The molecule has 5 rings (SSSR count). The zero-order chi connectivity index (χ0) is 30.6. The SMILES string of the molecule is C=C(C)F.Cc1ncnc(Nc2ccc(OCc3cccc(F)c3)c(Cl)c2)c1/C=C/c1ccc(CN2CCOCC2)cc1. The lowest BCUT2D eigenvalue weighted by molar-refractivity contribution is 0.0342. The fourth-order valence-corrected chi connectivity index (χ4v) is 4.57. The molecule has 3 aromatic carbocycles. The molecule has 1 N–H and O–H groups in total. The van der Waals surface area contributed by atoms with E-state index in [4.69, 9.17) is 21.1 Å². The van der Waals surface area contributed by atoms with Gasteiger partial charge in [0.25, 0.3) is 0 Å². The molecule has 0 atom stereocenters. The molecule has 1 saturated heterocycles. The van der Waals surface area contributed by atoms with Crippen LogP contribution in [-0.2, 0) is 17.9 Å². The maximum absolute atomic E-state index is 13.4. The van der Waals surface area contributed by atoms with Crippen LogP contribution < -0.4 is 10.1 Å². The maximum atomic E-state index is 13.4. The van der Waals surface area contributed by atoms with Gasteiger partial charge in [-0.05, 0) is 66.9 Å². The molecule has 1 aliphatic heterocycles. The van der Waals surface area contributed by atoms with Gasteiger partial charge in [0.05, 0.1) is 29.8 Å². The van der Waals surface area contributed by atoms with Crippen LogP contribution in [0.1, 0.15) is 34.9 Å². The summed E-state index contributed by atoms with van der Waals surface area (Å²) < 4.78 is 35.5. The van der Waals surface area contributed by atoms with Crippen molar-refractivity contribution in [1.29, 1.82) is 0 Å². The molecule has 0 unspecified atom stereocenters. The lowest BCUT2D eigenvalue weighted by atomic mass is 10.1. The highest BCUT2D eigenvalue weighted by atomic mass is 35.5. The van der Waals surface area contributed by atoms with Gasteiger partial charge in [-0.15, -0.1) is 0 Å². The summed E-state index contributed by atoms with van der Waals surface area (Å²) in [5.74, 6) is 0.558. The Balaban J connectivity index is 0.000000996. The summed E-state index contributed by atoms with van der Waals surface area (Å²) in [6, 6.07) is 20.3. The number of morpholine rings is 1. The molecule has 224 valence electrons. The van der Waals surface area contributed by atoms with E-state index in [1.165, 1.54) is 30.9 Å². The molecule has 0 aliphatic carbocycles. The number of nitrogens with zero attached hydrogens (tertiary/aromatic N) is 3. The highest BCUT2D eigenvalue weighted by molar-refractivity contribution is 6.32. The number of allylic oxidation sites excluding steroid dienone is 1. The highest BCUT2D eigenvalue weighted by Gasteiger charge is 2.11. The zero-order valence-corrected chi connectivity index (χ0v) is 25.1. The average molecular weight is 605 g/mol. The van der Waals surface area contributed by atoms with Gasteiger partial charge in [-0.25, -0.2) is 18.7 Å². The van der Waals surface area contributed by atoms with Crippen LogP contribution in [0.3, 0.4) is 0 Å². The van der Waals surface area contributed by atoms with E-state index in [1.54, 1.807) is 24.3 Å². The maximum Gasteiger partial charge on any atom is 0.141 e. The molecule has 1 aliphatic rings. The quantitative estimate of drug-likeness (QED) is 0.207. The van der Waals surface area contributed by atoms with Crippen LogP contribution in [0.25, 0.3) is 12.2 Å². The number of ether oxygens (including phenoxy) is 2.